The zero-order chi connectivity index (χ0) is 25.9. The predicted molar refractivity (Wildman–Crippen MR) is 138 cm³/mol. The first-order chi connectivity index (χ1) is 17.9. The summed E-state index contributed by atoms with van der Waals surface area (Å²) in [7, 11) is 1.93. The highest BCUT2D eigenvalue weighted by molar-refractivity contribution is 5.95. The van der Waals surface area contributed by atoms with Crippen molar-refractivity contribution >= 4 is 17.0 Å². The number of hydrogen-bond donors (Lipinski definition) is 3. The van der Waals surface area contributed by atoms with Gasteiger partial charge < -0.3 is 29.5 Å². The summed E-state index contributed by atoms with van der Waals surface area (Å²) >= 11 is 0. The first-order valence-corrected chi connectivity index (χ1v) is 11.8. The molecule has 0 radical (unpaired) electrons. The Bertz CT molecular complexity index is 1590. The number of amidine groups is 1. The Hall–Kier alpha value is -4.93. The molecule has 11 heteroatoms. The number of H-pyrrole nitrogens is 1. The molecule has 2 aromatic carbocycles. The number of imidazole rings is 2. The summed E-state index contributed by atoms with van der Waals surface area (Å²) in [4.78, 5) is 21.2. The van der Waals surface area contributed by atoms with E-state index in [-0.39, 0.29) is 17.7 Å². The van der Waals surface area contributed by atoms with Crippen LogP contribution >= 0.6 is 0 Å². The zero-order valence-corrected chi connectivity index (χ0v) is 20.6. The van der Waals surface area contributed by atoms with Crippen molar-refractivity contribution in [2.45, 2.75) is 20.3 Å². The topological polar surface area (TPSA) is 150 Å². The van der Waals surface area contributed by atoms with E-state index in [2.05, 4.69) is 24.9 Å². The second kappa shape index (κ2) is 9.97. The maximum Gasteiger partial charge on any atom is 0.327 e. The second-order valence-corrected chi connectivity index (χ2v) is 8.15. The highest BCUT2D eigenvalue weighted by Crippen LogP contribution is 2.36. The number of nitrogens with one attached hydrogen (secondary N) is 2. The van der Waals surface area contributed by atoms with Crippen molar-refractivity contribution in [3.05, 3.63) is 66.2 Å². The summed E-state index contributed by atoms with van der Waals surface area (Å²) in [5, 5.41) is 7.80. The van der Waals surface area contributed by atoms with Gasteiger partial charge in [-0.1, -0.05) is 19.1 Å². The van der Waals surface area contributed by atoms with Gasteiger partial charge in [-0.05, 0) is 37.3 Å². The Balaban J connectivity index is 1.55. The van der Waals surface area contributed by atoms with Gasteiger partial charge in [0.1, 0.15) is 28.8 Å². The molecule has 5 aromatic rings. The lowest BCUT2D eigenvalue weighted by atomic mass is 10.2. The molecule has 0 atom stereocenters. The number of ether oxygens (including phenoxy) is 3. The molecular formula is C26H26N8O3. The molecular weight excluding hydrogens is 472 g/mol. The fraction of sp³-hybridized carbons (Fsp3) is 0.192. The van der Waals surface area contributed by atoms with Crippen LogP contribution in [0.2, 0.25) is 0 Å². The number of nitrogen functional groups attached to an aromatic ring is 1. The molecule has 0 amide bonds. The highest BCUT2D eigenvalue weighted by atomic mass is 16.5. The third kappa shape index (κ3) is 4.92. The van der Waals surface area contributed by atoms with E-state index in [0.717, 1.165) is 17.2 Å². The molecule has 188 valence electrons. The maximum atomic E-state index is 7.80. The van der Waals surface area contributed by atoms with Gasteiger partial charge in [-0.3, -0.25) is 5.41 Å². The Morgan fingerprint density at radius 1 is 1.05 bits per heavy atom. The first-order valence-electron chi connectivity index (χ1n) is 11.8. The molecule has 37 heavy (non-hydrogen) atoms. The summed E-state index contributed by atoms with van der Waals surface area (Å²) in [6, 6.07) is 12.6. The van der Waals surface area contributed by atoms with Gasteiger partial charge in [0.2, 0.25) is 0 Å². The Labute approximate surface area is 212 Å². The number of aryl methyl sites for hydroxylation is 2. The molecule has 0 unspecified atom stereocenters. The van der Waals surface area contributed by atoms with Crippen LogP contribution in [-0.4, -0.2) is 41.9 Å². The fourth-order valence-electron chi connectivity index (χ4n) is 3.77. The van der Waals surface area contributed by atoms with Crippen molar-refractivity contribution in [2.75, 3.05) is 6.61 Å². The lowest BCUT2D eigenvalue weighted by Gasteiger charge is -2.13. The van der Waals surface area contributed by atoms with Gasteiger partial charge in [0, 0.05) is 37.0 Å². The van der Waals surface area contributed by atoms with Gasteiger partial charge in [0.15, 0.2) is 17.1 Å². The number of aromatic nitrogens is 6. The molecule has 4 N–H and O–H groups in total. The van der Waals surface area contributed by atoms with Gasteiger partial charge in [-0.2, -0.15) is 9.97 Å². The van der Waals surface area contributed by atoms with E-state index < -0.39 is 0 Å². The smallest absolute Gasteiger partial charge is 0.327 e. The van der Waals surface area contributed by atoms with Crippen molar-refractivity contribution in [3.63, 3.8) is 0 Å². The Morgan fingerprint density at radius 2 is 1.92 bits per heavy atom. The number of rotatable bonds is 9. The van der Waals surface area contributed by atoms with Crippen LogP contribution < -0.4 is 19.9 Å². The quantitative estimate of drug-likeness (QED) is 0.197. The molecule has 0 aliphatic carbocycles. The number of benzene rings is 2. The van der Waals surface area contributed by atoms with E-state index in [1.165, 1.54) is 0 Å². The second-order valence-electron chi connectivity index (χ2n) is 8.15. The minimum absolute atomic E-state index is 0.0642. The molecule has 0 saturated carbocycles. The molecule has 11 nitrogen and oxygen atoms in total. The van der Waals surface area contributed by atoms with Gasteiger partial charge in [0.05, 0.1) is 6.61 Å². The van der Waals surface area contributed by atoms with E-state index in [1.807, 2.05) is 55.9 Å². The van der Waals surface area contributed by atoms with Gasteiger partial charge in [-0.25, -0.2) is 9.97 Å². The van der Waals surface area contributed by atoms with Crippen molar-refractivity contribution in [1.82, 2.24) is 29.5 Å². The monoisotopic (exact) mass is 498 g/mol. The van der Waals surface area contributed by atoms with Crippen LogP contribution in [0.4, 0.5) is 0 Å². The van der Waals surface area contributed by atoms with Gasteiger partial charge >= 0.3 is 6.01 Å². The number of aromatic amines is 1. The van der Waals surface area contributed by atoms with Crippen LogP contribution in [-0.2, 0) is 13.5 Å². The molecule has 0 fully saturated rings. The number of nitrogens with two attached hydrogens (primary N) is 1. The molecule has 3 aromatic heterocycles. The summed E-state index contributed by atoms with van der Waals surface area (Å²) < 4.78 is 19.9. The maximum absolute atomic E-state index is 7.80. The Morgan fingerprint density at radius 3 is 2.65 bits per heavy atom. The van der Waals surface area contributed by atoms with E-state index in [1.54, 1.807) is 24.4 Å². The van der Waals surface area contributed by atoms with Crippen LogP contribution in [0.25, 0.3) is 22.6 Å². The summed E-state index contributed by atoms with van der Waals surface area (Å²) in [6.45, 7) is 4.29. The number of nitrogens with zero attached hydrogens (tertiary/aromatic N) is 5. The summed E-state index contributed by atoms with van der Waals surface area (Å²) in [6.07, 6.45) is 4.29. The summed E-state index contributed by atoms with van der Waals surface area (Å²) in [5.41, 5.74) is 7.99. The van der Waals surface area contributed by atoms with E-state index in [0.29, 0.717) is 47.0 Å². The van der Waals surface area contributed by atoms with Crippen molar-refractivity contribution in [1.29, 1.82) is 5.41 Å². The normalized spacial score (nSPS) is 11.0. The molecule has 0 aliphatic rings. The van der Waals surface area contributed by atoms with Crippen LogP contribution in [0.3, 0.4) is 0 Å². The lowest BCUT2D eigenvalue weighted by Crippen LogP contribution is -2.11. The minimum Gasteiger partial charge on any atom is -0.490 e. The molecule has 5 rings (SSSR count). The number of fused-ring (bicyclic) bond motifs is 1. The van der Waals surface area contributed by atoms with Gasteiger partial charge in [-0.15, -0.1) is 0 Å². The average Bonchev–Trinajstić information content (AvgIpc) is 3.51. The Kier molecular flexibility index (Phi) is 6.42. The summed E-state index contributed by atoms with van der Waals surface area (Å²) in [5.74, 6) is 3.02. The SMILES string of the molecule is CCOc1ccc(C(=N)N)cc1Oc1nc(Oc2cccc(-c3nccn3C)c2)nc2nc(CC)[nH]c12. The lowest BCUT2D eigenvalue weighted by molar-refractivity contribution is 0.319. The molecule has 3 heterocycles. The third-order valence-electron chi connectivity index (χ3n) is 5.56. The third-order valence-corrected chi connectivity index (χ3v) is 5.56. The van der Waals surface area contributed by atoms with Gasteiger partial charge in [0.25, 0.3) is 5.88 Å². The molecule has 0 spiro atoms. The standard InChI is InChI=1S/C26H26N8O3/c1-4-20-30-21-23(31-20)32-26(36-17-8-6-7-16(13-17)24-29-11-12-34(24)3)33-25(21)37-19-14-15(22(27)28)9-10-18(19)35-5-2/h6-14H,4-5H2,1-3H3,(H3,27,28)(H,30,31,32,33). The van der Waals surface area contributed by atoms with Crippen molar-refractivity contribution in [2.24, 2.45) is 12.8 Å². The van der Waals surface area contributed by atoms with E-state index in [4.69, 9.17) is 25.4 Å². The van der Waals surface area contributed by atoms with Crippen LogP contribution in [0.1, 0.15) is 25.2 Å². The molecule has 0 bridgehead atoms. The van der Waals surface area contributed by atoms with Crippen LogP contribution in [0.15, 0.2) is 54.9 Å². The average molecular weight is 499 g/mol. The van der Waals surface area contributed by atoms with E-state index in [9.17, 15) is 0 Å². The van der Waals surface area contributed by atoms with E-state index >= 15 is 0 Å². The fourth-order valence-corrected chi connectivity index (χ4v) is 3.77. The highest BCUT2D eigenvalue weighted by Gasteiger charge is 2.18. The number of hydrogen-bond acceptors (Lipinski definition) is 8. The molecule has 0 aliphatic heterocycles. The first kappa shape index (κ1) is 23.8. The van der Waals surface area contributed by atoms with Crippen molar-refractivity contribution in [3.8, 4) is 40.5 Å². The predicted octanol–water partition coefficient (Wildman–Crippen LogP) is 4.58. The largest absolute Gasteiger partial charge is 0.490 e. The minimum atomic E-state index is -0.0906. The van der Waals surface area contributed by atoms with Crippen LogP contribution in [0, 0.1) is 5.41 Å². The zero-order valence-electron chi connectivity index (χ0n) is 20.6. The van der Waals surface area contributed by atoms with Crippen molar-refractivity contribution < 1.29 is 14.2 Å². The molecule has 0 saturated heterocycles. The van der Waals surface area contributed by atoms with Crippen LogP contribution in [0.5, 0.6) is 29.1 Å².